The minimum atomic E-state index is -1.57. The van der Waals surface area contributed by atoms with Gasteiger partial charge in [0.25, 0.3) is 0 Å². The molecule has 0 spiro atoms. The number of ether oxygens (including phenoxy) is 1. The summed E-state index contributed by atoms with van der Waals surface area (Å²) < 4.78 is 50.2. The van der Waals surface area contributed by atoms with Crippen molar-refractivity contribution in [2.75, 3.05) is 7.11 Å². The molecule has 124 valence electrons. The fourth-order valence-electron chi connectivity index (χ4n) is 2.34. The fraction of sp³-hybridized carbons (Fsp3) is 0.118. The third-order valence-electron chi connectivity index (χ3n) is 3.56. The lowest BCUT2D eigenvalue weighted by molar-refractivity contribution is 0.281. The van der Waals surface area contributed by atoms with Gasteiger partial charge in [0.15, 0.2) is 23.2 Å². The van der Waals surface area contributed by atoms with Crippen LogP contribution in [-0.4, -0.2) is 17.4 Å². The molecule has 0 aliphatic heterocycles. The van der Waals surface area contributed by atoms with Crippen molar-refractivity contribution in [3.8, 4) is 28.3 Å². The monoisotopic (exact) mass is 335 g/mol. The highest BCUT2D eigenvalue weighted by Crippen LogP contribution is 2.34. The van der Waals surface area contributed by atoms with Crippen molar-refractivity contribution in [3.63, 3.8) is 0 Å². The second-order valence-electron chi connectivity index (χ2n) is 4.98. The lowest BCUT2D eigenvalue weighted by Crippen LogP contribution is -1.94. The Hall–Kier alpha value is -2.80. The van der Waals surface area contributed by atoms with Crippen LogP contribution < -0.4 is 4.74 Å². The Balaban J connectivity index is 2.09. The maximum Gasteiger partial charge on any atom is 0.194 e. The molecule has 24 heavy (non-hydrogen) atoms. The Morgan fingerprint density at radius 1 is 1.04 bits per heavy atom. The Labute approximate surface area is 135 Å². The van der Waals surface area contributed by atoms with E-state index in [0.29, 0.717) is 11.3 Å². The van der Waals surface area contributed by atoms with E-state index in [2.05, 4.69) is 5.16 Å². The summed E-state index contributed by atoms with van der Waals surface area (Å²) in [4.78, 5) is 0. The summed E-state index contributed by atoms with van der Waals surface area (Å²) in [5.41, 5.74) is 0.854. The number of rotatable bonds is 4. The maximum atomic E-state index is 13.4. The van der Waals surface area contributed by atoms with Gasteiger partial charge in [-0.1, -0.05) is 5.16 Å². The minimum Gasteiger partial charge on any atom is -0.497 e. The molecular formula is C17H12F3NO3. The van der Waals surface area contributed by atoms with Crippen molar-refractivity contribution in [3.05, 3.63) is 59.4 Å². The molecule has 1 N–H and O–H groups in total. The van der Waals surface area contributed by atoms with E-state index < -0.39 is 24.1 Å². The van der Waals surface area contributed by atoms with Crippen LogP contribution >= 0.6 is 0 Å². The molecule has 0 fully saturated rings. The van der Waals surface area contributed by atoms with Crippen molar-refractivity contribution in [2.24, 2.45) is 0 Å². The largest absolute Gasteiger partial charge is 0.497 e. The molecular weight excluding hydrogens is 323 g/mol. The summed E-state index contributed by atoms with van der Waals surface area (Å²) in [6.45, 7) is -0.471. The van der Waals surface area contributed by atoms with E-state index in [9.17, 15) is 18.3 Å². The molecule has 2 aromatic carbocycles. The zero-order valence-corrected chi connectivity index (χ0v) is 12.5. The third kappa shape index (κ3) is 2.74. The van der Waals surface area contributed by atoms with Crippen molar-refractivity contribution in [2.45, 2.75) is 6.61 Å². The Bertz CT molecular complexity index is 852. The number of aliphatic hydroxyl groups is 1. The lowest BCUT2D eigenvalue weighted by atomic mass is 10.0. The second-order valence-corrected chi connectivity index (χ2v) is 4.98. The average Bonchev–Trinajstić information content (AvgIpc) is 3.03. The van der Waals surface area contributed by atoms with Gasteiger partial charge in [0.1, 0.15) is 11.4 Å². The summed E-state index contributed by atoms with van der Waals surface area (Å²) in [6, 6.07) is 8.36. The summed E-state index contributed by atoms with van der Waals surface area (Å²) in [6.07, 6.45) is 0. The van der Waals surface area contributed by atoms with Gasteiger partial charge in [-0.3, -0.25) is 0 Å². The van der Waals surface area contributed by atoms with E-state index in [-0.39, 0.29) is 22.6 Å². The molecule has 0 atom stereocenters. The summed E-state index contributed by atoms with van der Waals surface area (Å²) in [5, 5.41) is 13.4. The molecule has 4 nitrogen and oxygen atoms in total. The predicted molar refractivity (Wildman–Crippen MR) is 79.7 cm³/mol. The molecule has 0 unspecified atom stereocenters. The number of aromatic nitrogens is 1. The molecule has 0 saturated heterocycles. The molecule has 7 heteroatoms. The topological polar surface area (TPSA) is 55.5 Å². The average molecular weight is 335 g/mol. The van der Waals surface area contributed by atoms with Crippen LogP contribution in [-0.2, 0) is 6.61 Å². The number of halogens is 3. The molecule has 1 heterocycles. The first kappa shape index (κ1) is 16.1. The highest BCUT2D eigenvalue weighted by atomic mass is 19.2. The van der Waals surface area contributed by atoms with Gasteiger partial charge < -0.3 is 14.4 Å². The highest BCUT2D eigenvalue weighted by Gasteiger charge is 2.21. The second kappa shape index (κ2) is 6.37. The molecule has 0 aliphatic rings. The minimum absolute atomic E-state index is 0.0287. The zero-order chi connectivity index (χ0) is 17.3. The first-order valence-corrected chi connectivity index (χ1v) is 6.94. The van der Waals surface area contributed by atoms with E-state index in [1.54, 1.807) is 24.3 Å². The van der Waals surface area contributed by atoms with Crippen molar-refractivity contribution < 1.29 is 27.5 Å². The summed E-state index contributed by atoms with van der Waals surface area (Å²) >= 11 is 0. The van der Waals surface area contributed by atoms with Crippen LogP contribution in [0.2, 0.25) is 0 Å². The van der Waals surface area contributed by atoms with Crippen molar-refractivity contribution >= 4 is 0 Å². The molecule has 0 aliphatic carbocycles. The molecule has 0 saturated carbocycles. The van der Waals surface area contributed by atoms with Crippen molar-refractivity contribution in [1.82, 2.24) is 5.16 Å². The van der Waals surface area contributed by atoms with Crippen LogP contribution in [0.1, 0.15) is 5.56 Å². The van der Waals surface area contributed by atoms with E-state index in [4.69, 9.17) is 9.26 Å². The van der Waals surface area contributed by atoms with Gasteiger partial charge in [-0.15, -0.1) is 0 Å². The first-order valence-electron chi connectivity index (χ1n) is 6.94. The van der Waals surface area contributed by atoms with Gasteiger partial charge in [-0.2, -0.15) is 0 Å². The molecule has 1 aromatic heterocycles. The highest BCUT2D eigenvalue weighted by molar-refractivity contribution is 5.72. The Morgan fingerprint density at radius 2 is 1.67 bits per heavy atom. The number of hydrogen-bond acceptors (Lipinski definition) is 4. The van der Waals surface area contributed by atoms with Crippen LogP contribution in [0.3, 0.4) is 0 Å². The first-order chi connectivity index (χ1) is 11.5. The Morgan fingerprint density at radius 3 is 2.21 bits per heavy atom. The van der Waals surface area contributed by atoms with Gasteiger partial charge in [0.05, 0.1) is 19.3 Å². The van der Waals surface area contributed by atoms with Crippen LogP contribution in [0.25, 0.3) is 22.6 Å². The summed E-state index contributed by atoms with van der Waals surface area (Å²) in [7, 11) is 1.53. The molecule has 3 rings (SSSR count). The summed E-state index contributed by atoms with van der Waals surface area (Å²) in [5.74, 6) is -3.37. The quantitative estimate of drug-likeness (QED) is 0.734. The predicted octanol–water partition coefficient (Wildman–Crippen LogP) is 3.93. The molecule has 0 amide bonds. The number of benzene rings is 2. The fourth-order valence-corrected chi connectivity index (χ4v) is 2.34. The van der Waals surface area contributed by atoms with E-state index in [0.717, 1.165) is 12.1 Å². The molecule has 0 bridgehead atoms. The van der Waals surface area contributed by atoms with Gasteiger partial charge in [-0.05, 0) is 36.4 Å². The van der Waals surface area contributed by atoms with Crippen LogP contribution in [0.5, 0.6) is 5.75 Å². The zero-order valence-electron chi connectivity index (χ0n) is 12.5. The SMILES string of the molecule is COc1ccc(-c2onc(-c3cc(F)c(F)c(F)c3)c2CO)cc1. The Kier molecular flexibility index (Phi) is 4.26. The van der Waals surface area contributed by atoms with Gasteiger partial charge in [0.2, 0.25) is 0 Å². The lowest BCUT2D eigenvalue weighted by Gasteiger charge is -2.04. The number of methoxy groups -OCH3 is 1. The smallest absolute Gasteiger partial charge is 0.194 e. The standard InChI is InChI=1S/C17H12F3NO3/c1-23-11-4-2-9(3-5-11)17-12(8-22)16(21-24-17)10-6-13(18)15(20)14(19)7-10/h2-7,22H,8H2,1H3. The maximum absolute atomic E-state index is 13.4. The van der Waals surface area contributed by atoms with E-state index >= 15 is 0 Å². The van der Waals surface area contributed by atoms with E-state index in [1.807, 2.05) is 0 Å². The number of aliphatic hydroxyl groups excluding tert-OH is 1. The molecule has 3 aromatic rings. The van der Waals surface area contributed by atoms with Gasteiger partial charge in [-0.25, -0.2) is 13.2 Å². The normalized spacial score (nSPS) is 10.9. The van der Waals surface area contributed by atoms with Crippen LogP contribution in [0.4, 0.5) is 13.2 Å². The van der Waals surface area contributed by atoms with Crippen LogP contribution in [0, 0.1) is 17.5 Å². The molecule has 0 radical (unpaired) electrons. The third-order valence-corrected chi connectivity index (χ3v) is 3.56. The van der Waals surface area contributed by atoms with E-state index in [1.165, 1.54) is 7.11 Å². The number of hydrogen-bond donors (Lipinski definition) is 1. The number of nitrogens with zero attached hydrogens (tertiary/aromatic N) is 1. The van der Waals surface area contributed by atoms with Crippen molar-refractivity contribution in [1.29, 1.82) is 0 Å². The van der Waals surface area contributed by atoms with Gasteiger partial charge in [0, 0.05) is 11.1 Å². The van der Waals surface area contributed by atoms with Crippen LogP contribution in [0.15, 0.2) is 40.9 Å². The van der Waals surface area contributed by atoms with Gasteiger partial charge >= 0.3 is 0 Å².